The van der Waals surface area contributed by atoms with Crippen molar-refractivity contribution in [2.24, 2.45) is 4.99 Å². The molecule has 0 radical (unpaired) electrons. The van der Waals surface area contributed by atoms with Crippen molar-refractivity contribution in [3.05, 3.63) is 77.3 Å². The molecule has 30 heavy (non-hydrogen) atoms. The van der Waals surface area contributed by atoms with E-state index in [9.17, 15) is 4.39 Å². The van der Waals surface area contributed by atoms with Gasteiger partial charge in [0.25, 0.3) is 0 Å². The molecule has 2 aromatic heterocycles. The van der Waals surface area contributed by atoms with Crippen molar-refractivity contribution in [3.8, 4) is 5.82 Å². The van der Waals surface area contributed by atoms with Crippen LogP contribution in [0.15, 0.2) is 53.9 Å². The van der Waals surface area contributed by atoms with E-state index in [-0.39, 0.29) is 29.8 Å². The van der Waals surface area contributed by atoms with Crippen LogP contribution in [0.1, 0.15) is 29.4 Å². The first kappa shape index (κ1) is 23.8. The molecule has 3 aromatic rings. The van der Waals surface area contributed by atoms with Crippen molar-refractivity contribution < 1.29 is 4.39 Å². The summed E-state index contributed by atoms with van der Waals surface area (Å²) in [4.78, 5) is 13.4. The van der Waals surface area contributed by atoms with E-state index in [1.165, 1.54) is 6.07 Å². The third kappa shape index (κ3) is 6.51. The van der Waals surface area contributed by atoms with Gasteiger partial charge >= 0.3 is 0 Å². The van der Waals surface area contributed by atoms with E-state index in [1.54, 1.807) is 12.3 Å². The van der Waals surface area contributed by atoms with Gasteiger partial charge in [-0.05, 0) is 62.1 Å². The van der Waals surface area contributed by atoms with Gasteiger partial charge in [-0.25, -0.2) is 19.4 Å². The standard InChI is InChI=1S/C22H27FN6.HI/c1-4-24-22(26-10-9-19-6-7-20(23)13-16(19)2)28-15-18-5-8-21(27-14-18)29-12-11-25-17(29)3;/h5-8,11-14H,4,9-10,15H2,1-3H3,(H2,24,26,28);1H. The number of nitrogens with zero attached hydrogens (tertiary/aromatic N) is 4. The number of hydrogen-bond acceptors (Lipinski definition) is 3. The van der Waals surface area contributed by atoms with E-state index in [0.717, 1.165) is 53.8 Å². The lowest BCUT2D eigenvalue weighted by Gasteiger charge is -2.12. The zero-order valence-electron chi connectivity index (χ0n) is 17.5. The lowest BCUT2D eigenvalue weighted by Crippen LogP contribution is -2.38. The number of hydrogen-bond donors (Lipinski definition) is 2. The highest BCUT2D eigenvalue weighted by Crippen LogP contribution is 2.11. The molecule has 0 bridgehead atoms. The maximum Gasteiger partial charge on any atom is 0.191 e. The van der Waals surface area contributed by atoms with Gasteiger partial charge < -0.3 is 10.6 Å². The minimum absolute atomic E-state index is 0. The van der Waals surface area contributed by atoms with Crippen molar-refractivity contribution in [1.82, 2.24) is 25.2 Å². The number of aliphatic imine (C=N–C) groups is 1. The fraction of sp³-hybridized carbons (Fsp3) is 0.318. The number of nitrogens with one attached hydrogen (secondary N) is 2. The molecule has 0 aliphatic heterocycles. The molecular formula is C22H28FIN6. The van der Waals surface area contributed by atoms with E-state index in [1.807, 2.05) is 55.9 Å². The van der Waals surface area contributed by atoms with Crippen LogP contribution in [0.4, 0.5) is 4.39 Å². The van der Waals surface area contributed by atoms with Gasteiger partial charge in [0.15, 0.2) is 5.96 Å². The Labute approximate surface area is 194 Å². The van der Waals surface area contributed by atoms with Crippen molar-refractivity contribution in [2.75, 3.05) is 13.1 Å². The van der Waals surface area contributed by atoms with Gasteiger partial charge in [-0.2, -0.15) is 0 Å². The van der Waals surface area contributed by atoms with E-state index in [0.29, 0.717) is 6.54 Å². The fourth-order valence-corrected chi connectivity index (χ4v) is 3.04. The maximum absolute atomic E-state index is 13.2. The molecular weight excluding hydrogens is 494 g/mol. The molecule has 1 aromatic carbocycles. The molecule has 2 N–H and O–H groups in total. The Kier molecular flexibility index (Phi) is 9.22. The molecule has 3 rings (SSSR count). The third-order valence-electron chi connectivity index (χ3n) is 4.64. The number of guanidine groups is 1. The number of halogens is 2. The molecule has 8 heteroatoms. The number of pyridine rings is 1. The molecule has 6 nitrogen and oxygen atoms in total. The second kappa shape index (κ2) is 11.6. The Morgan fingerprint density at radius 3 is 2.60 bits per heavy atom. The van der Waals surface area contributed by atoms with Gasteiger partial charge in [0, 0.05) is 31.7 Å². The summed E-state index contributed by atoms with van der Waals surface area (Å²) < 4.78 is 15.2. The first-order chi connectivity index (χ1) is 14.1. The summed E-state index contributed by atoms with van der Waals surface area (Å²) in [6.07, 6.45) is 6.29. The number of aromatic nitrogens is 3. The zero-order chi connectivity index (χ0) is 20.6. The van der Waals surface area contributed by atoms with Gasteiger partial charge in [-0.3, -0.25) is 4.57 Å². The van der Waals surface area contributed by atoms with Gasteiger partial charge in [-0.15, -0.1) is 24.0 Å². The Balaban J connectivity index is 0.00000320. The molecule has 0 fully saturated rings. The lowest BCUT2D eigenvalue weighted by atomic mass is 10.1. The predicted molar refractivity (Wildman–Crippen MR) is 129 cm³/mol. The van der Waals surface area contributed by atoms with Crippen molar-refractivity contribution in [1.29, 1.82) is 0 Å². The van der Waals surface area contributed by atoms with Gasteiger partial charge in [0.2, 0.25) is 0 Å². The summed E-state index contributed by atoms with van der Waals surface area (Å²) in [6, 6.07) is 8.90. The van der Waals surface area contributed by atoms with Crippen LogP contribution < -0.4 is 10.6 Å². The first-order valence-corrected chi connectivity index (χ1v) is 9.79. The Hall–Kier alpha value is -2.49. The average molecular weight is 522 g/mol. The maximum atomic E-state index is 13.2. The number of imidazole rings is 1. The molecule has 0 aliphatic rings. The van der Waals surface area contributed by atoms with Crippen LogP contribution in [-0.2, 0) is 13.0 Å². The monoisotopic (exact) mass is 522 g/mol. The van der Waals surface area contributed by atoms with Crippen LogP contribution in [0.25, 0.3) is 5.82 Å². The van der Waals surface area contributed by atoms with E-state index < -0.39 is 0 Å². The van der Waals surface area contributed by atoms with Crippen LogP contribution in [0.3, 0.4) is 0 Å². The average Bonchev–Trinajstić information content (AvgIpc) is 3.14. The van der Waals surface area contributed by atoms with Crippen LogP contribution in [0.2, 0.25) is 0 Å². The Morgan fingerprint density at radius 1 is 1.13 bits per heavy atom. The lowest BCUT2D eigenvalue weighted by molar-refractivity contribution is 0.625. The number of rotatable bonds is 7. The minimum Gasteiger partial charge on any atom is -0.357 e. The molecule has 0 saturated carbocycles. The number of benzene rings is 1. The summed E-state index contributed by atoms with van der Waals surface area (Å²) in [6.45, 7) is 7.93. The second-order valence-electron chi connectivity index (χ2n) is 6.81. The topological polar surface area (TPSA) is 67.1 Å². The Morgan fingerprint density at radius 2 is 1.97 bits per heavy atom. The van der Waals surface area contributed by atoms with Crippen molar-refractivity contribution in [2.45, 2.75) is 33.7 Å². The molecule has 160 valence electrons. The van der Waals surface area contributed by atoms with Crippen LogP contribution in [-0.4, -0.2) is 33.6 Å². The number of aryl methyl sites for hydroxylation is 2. The molecule has 0 atom stereocenters. The SMILES string of the molecule is CCNC(=NCc1ccc(-n2ccnc2C)nc1)NCCc1ccc(F)cc1C.I. The summed E-state index contributed by atoms with van der Waals surface area (Å²) in [7, 11) is 0. The fourth-order valence-electron chi connectivity index (χ4n) is 3.04. The third-order valence-corrected chi connectivity index (χ3v) is 4.64. The normalized spacial score (nSPS) is 11.1. The van der Waals surface area contributed by atoms with Crippen LogP contribution in [0.5, 0.6) is 0 Å². The zero-order valence-corrected chi connectivity index (χ0v) is 19.9. The summed E-state index contributed by atoms with van der Waals surface area (Å²) in [5.74, 6) is 2.30. The van der Waals surface area contributed by atoms with E-state index in [4.69, 9.17) is 0 Å². The van der Waals surface area contributed by atoms with Crippen LogP contribution in [0, 0.1) is 19.7 Å². The molecule has 0 aliphatic carbocycles. The summed E-state index contributed by atoms with van der Waals surface area (Å²) >= 11 is 0. The molecule has 0 spiro atoms. The van der Waals surface area contributed by atoms with Gasteiger partial charge in [-0.1, -0.05) is 12.1 Å². The van der Waals surface area contributed by atoms with Crippen LogP contribution >= 0.6 is 24.0 Å². The van der Waals surface area contributed by atoms with Crippen molar-refractivity contribution >= 4 is 29.9 Å². The molecule has 0 unspecified atom stereocenters. The largest absolute Gasteiger partial charge is 0.357 e. The highest BCUT2D eigenvalue weighted by molar-refractivity contribution is 14.0. The van der Waals surface area contributed by atoms with Gasteiger partial charge in [0.1, 0.15) is 17.5 Å². The quantitative estimate of drug-likeness (QED) is 0.280. The predicted octanol–water partition coefficient (Wildman–Crippen LogP) is 3.94. The van der Waals surface area contributed by atoms with E-state index in [2.05, 4.69) is 25.6 Å². The van der Waals surface area contributed by atoms with E-state index >= 15 is 0 Å². The molecule has 0 saturated heterocycles. The van der Waals surface area contributed by atoms with Crippen molar-refractivity contribution in [3.63, 3.8) is 0 Å². The highest BCUT2D eigenvalue weighted by Gasteiger charge is 2.04. The first-order valence-electron chi connectivity index (χ1n) is 9.79. The second-order valence-corrected chi connectivity index (χ2v) is 6.81. The summed E-state index contributed by atoms with van der Waals surface area (Å²) in [5.41, 5.74) is 3.12. The molecule has 0 amide bonds. The highest BCUT2D eigenvalue weighted by atomic mass is 127. The smallest absolute Gasteiger partial charge is 0.191 e. The summed E-state index contributed by atoms with van der Waals surface area (Å²) in [5, 5.41) is 6.59. The van der Waals surface area contributed by atoms with Gasteiger partial charge in [0.05, 0.1) is 6.54 Å². The molecule has 2 heterocycles. The Bertz CT molecular complexity index is 968. The minimum atomic E-state index is -0.197.